The summed E-state index contributed by atoms with van der Waals surface area (Å²) in [7, 11) is 0. The van der Waals surface area contributed by atoms with Crippen molar-refractivity contribution in [3.8, 4) is 0 Å². The zero-order valence-corrected chi connectivity index (χ0v) is 12.1. The Kier molecular flexibility index (Phi) is 2.99. The van der Waals surface area contributed by atoms with Gasteiger partial charge in [-0.3, -0.25) is 9.89 Å². The predicted octanol–water partition coefficient (Wildman–Crippen LogP) is 2.42. The van der Waals surface area contributed by atoms with Crippen LogP contribution in [-0.4, -0.2) is 32.0 Å². The van der Waals surface area contributed by atoms with E-state index in [4.69, 9.17) is 5.11 Å². The maximum absolute atomic E-state index is 10.6. The third-order valence-corrected chi connectivity index (χ3v) is 5.28. The molecule has 1 saturated carbocycles. The van der Waals surface area contributed by atoms with Crippen molar-refractivity contribution in [1.29, 1.82) is 0 Å². The van der Waals surface area contributed by atoms with Crippen molar-refractivity contribution in [2.45, 2.75) is 29.8 Å². The number of hydrogen-bond acceptors (Lipinski definition) is 4. The van der Waals surface area contributed by atoms with E-state index in [-0.39, 0.29) is 5.75 Å². The Morgan fingerprint density at radius 3 is 3.10 bits per heavy atom. The third-order valence-electron chi connectivity index (χ3n) is 4.45. The van der Waals surface area contributed by atoms with Crippen molar-refractivity contribution >= 4 is 17.7 Å². The lowest BCUT2D eigenvalue weighted by atomic mass is 9.92. The molecular formula is C15H15N3O2S. The Morgan fingerprint density at radius 2 is 2.24 bits per heavy atom. The van der Waals surface area contributed by atoms with Gasteiger partial charge in [0.25, 0.3) is 0 Å². The highest BCUT2D eigenvalue weighted by Crippen LogP contribution is 2.64. The van der Waals surface area contributed by atoms with Crippen LogP contribution < -0.4 is 0 Å². The topological polar surface area (TPSA) is 78.9 Å². The largest absolute Gasteiger partial charge is 0.481 e. The van der Waals surface area contributed by atoms with Gasteiger partial charge in [0, 0.05) is 5.92 Å². The van der Waals surface area contributed by atoms with Crippen LogP contribution in [-0.2, 0) is 11.2 Å². The number of hydrogen-bond donors (Lipinski definition) is 2. The SMILES string of the molecule is O=C(O)CSc1n[nH]c(C2C3CCc4ccccc4C32)n1. The van der Waals surface area contributed by atoms with E-state index in [0.29, 0.717) is 22.9 Å². The van der Waals surface area contributed by atoms with Gasteiger partial charge in [-0.15, -0.1) is 5.10 Å². The number of aryl methyl sites for hydroxylation is 1. The summed E-state index contributed by atoms with van der Waals surface area (Å²) in [6.07, 6.45) is 2.34. The fourth-order valence-electron chi connectivity index (χ4n) is 3.54. The second-order valence-electron chi connectivity index (χ2n) is 5.64. The third kappa shape index (κ3) is 2.23. The van der Waals surface area contributed by atoms with Gasteiger partial charge in [0.05, 0.1) is 5.75 Å². The van der Waals surface area contributed by atoms with Crippen molar-refractivity contribution < 1.29 is 9.90 Å². The number of benzene rings is 1. The molecule has 5 nitrogen and oxygen atoms in total. The molecule has 4 rings (SSSR count). The monoisotopic (exact) mass is 301 g/mol. The Morgan fingerprint density at radius 1 is 1.38 bits per heavy atom. The van der Waals surface area contributed by atoms with Crippen LogP contribution in [0.1, 0.15) is 35.2 Å². The van der Waals surface area contributed by atoms with Crippen LogP contribution in [0.4, 0.5) is 0 Å². The summed E-state index contributed by atoms with van der Waals surface area (Å²) in [4.78, 5) is 15.1. The van der Waals surface area contributed by atoms with Crippen LogP contribution in [0.5, 0.6) is 0 Å². The molecule has 2 aliphatic rings. The first kappa shape index (κ1) is 12.9. The summed E-state index contributed by atoms with van der Waals surface area (Å²) in [5.41, 5.74) is 2.91. The number of carboxylic acids is 1. The maximum Gasteiger partial charge on any atom is 0.313 e. The number of aromatic nitrogens is 3. The Bertz CT molecular complexity index is 700. The molecule has 21 heavy (non-hydrogen) atoms. The quantitative estimate of drug-likeness (QED) is 0.848. The predicted molar refractivity (Wildman–Crippen MR) is 78.5 cm³/mol. The second-order valence-corrected chi connectivity index (χ2v) is 6.58. The molecule has 2 aromatic rings. The summed E-state index contributed by atoms with van der Waals surface area (Å²) < 4.78 is 0. The number of H-pyrrole nitrogens is 1. The molecule has 0 spiro atoms. The number of rotatable bonds is 4. The van der Waals surface area contributed by atoms with Crippen LogP contribution >= 0.6 is 11.8 Å². The van der Waals surface area contributed by atoms with Crippen LogP contribution in [0.2, 0.25) is 0 Å². The number of nitrogens with one attached hydrogen (secondary N) is 1. The van der Waals surface area contributed by atoms with Crippen LogP contribution in [0.3, 0.4) is 0 Å². The Labute approximate surface area is 126 Å². The molecule has 0 aliphatic heterocycles. The average Bonchev–Trinajstić information content (AvgIpc) is 3.06. The minimum absolute atomic E-state index is 0.00233. The van der Waals surface area contributed by atoms with E-state index in [1.807, 2.05) is 0 Å². The van der Waals surface area contributed by atoms with E-state index >= 15 is 0 Å². The molecule has 1 heterocycles. The minimum atomic E-state index is -0.847. The van der Waals surface area contributed by atoms with Crippen molar-refractivity contribution in [2.75, 3.05) is 5.75 Å². The zero-order valence-electron chi connectivity index (χ0n) is 11.3. The van der Waals surface area contributed by atoms with Crippen LogP contribution in [0, 0.1) is 5.92 Å². The smallest absolute Gasteiger partial charge is 0.313 e. The molecule has 2 aliphatic carbocycles. The molecule has 3 atom stereocenters. The summed E-state index contributed by atoms with van der Waals surface area (Å²) >= 11 is 1.16. The Balaban J connectivity index is 1.53. The summed E-state index contributed by atoms with van der Waals surface area (Å²) in [5, 5.41) is 16.4. The zero-order chi connectivity index (χ0) is 14.4. The van der Waals surface area contributed by atoms with Gasteiger partial charge in [-0.2, -0.15) is 0 Å². The van der Waals surface area contributed by atoms with Crippen LogP contribution in [0.25, 0.3) is 0 Å². The number of aromatic amines is 1. The van der Waals surface area contributed by atoms with E-state index in [0.717, 1.165) is 24.0 Å². The number of carboxylic acid groups (broad SMARTS) is 1. The number of fused-ring (bicyclic) bond motifs is 3. The highest BCUT2D eigenvalue weighted by Gasteiger charge is 2.55. The highest BCUT2D eigenvalue weighted by molar-refractivity contribution is 7.99. The van der Waals surface area contributed by atoms with Gasteiger partial charge in [0.15, 0.2) is 0 Å². The molecule has 0 amide bonds. The van der Waals surface area contributed by atoms with Gasteiger partial charge in [-0.1, -0.05) is 36.0 Å². The lowest BCUT2D eigenvalue weighted by Gasteiger charge is -2.13. The van der Waals surface area contributed by atoms with E-state index in [9.17, 15) is 4.79 Å². The first-order chi connectivity index (χ1) is 10.2. The van der Waals surface area contributed by atoms with Crippen molar-refractivity contribution in [3.05, 3.63) is 41.2 Å². The first-order valence-corrected chi connectivity index (χ1v) is 8.07. The lowest BCUT2D eigenvalue weighted by molar-refractivity contribution is -0.133. The van der Waals surface area contributed by atoms with Gasteiger partial charge >= 0.3 is 5.97 Å². The van der Waals surface area contributed by atoms with Gasteiger partial charge in [-0.05, 0) is 35.8 Å². The normalized spacial score (nSPS) is 26.0. The number of thioether (sulfide) groups is 1. The number of carbonyl (C=O) groups is 1. The van der Waals surface area contributed by atoms with Crippen LogP contribution in [0.15, 0.2) is 29.4 Å². The molecular weight excluding hydrogens is 286 g/mol. The van der Waals surface area contributed by atoms with E-state index in [1.54, 1.807) is 0 Å². The summed E-state index contributed by atoms with van der Waals surface area (Å²) in [6.45, 7) is 0. The van der Waals surface area contributed by atoms with E-state index in [2.05, 4.69) is 39.4 Å². The molecule has 2 N–H and O–H groups in total. The molecule has 0 saturated heterocycles. The van der Waals surface area contributed by atoms with Crippen molar-refractivity contribution in [3.63, 3.8) is 0 Å². The molecule has 108 valence electrons. The summed E-state index contributed by atoms with van der Waals surface area (Å²) in [6, 6.07) is 8.65. The number of aliphatic carboxylic acids is 1. The molecule has 0 radical (unpaired) electrons. The minimum Gasteiger partial charge on any atom is -0.481 e. The maximum atomic E-state index is 10.6. The van der Waals surface area contributed by atoms with Gasteiger partial charge in [0.2, 0.25) is 5.16 Å². The van der Waals surface area contributed by atoms with E-state index < -0.39 is 5.97 Å². The molecule has 6 heteroatoms. The Hall–Kier alpha value is -1.82. The van der Waals surface area contributed by atoms with Gasteiger partial charge in [-0.25, -0.2) is 4.98 Å². The van der Waals surface area contributed by atoms with Gasteiger partial charge in [0.1, 0.15) is 5.82 Å². The first-order valence-electron chi connectivity index (χ1n) is 7.09. The molecule has 1 aromatic heterocycles. The number of nitrogens with zero attached hydrogens (tertiary/aromatic N) is 2. The molecule has 0 bridgehead atoms. The average molecular weight is 301 g/mol. The molecule has 1 aromatic carbocycles. The second kappa shape index (κ2) is 4.87. The van der Waals surface area contributed by atoms with E-state index in [1.165, 1.54) is 17.5 Å². The summed E-state index contributed by atoms with van der Waals surface area (Å²) in [5.74, 6) is 1.69. The fraction of sp³-hybridized carbons (Fsp3) is 0.400. The highest BCUT2D eigenvalue weighted by atomic mass is 32.2. The lowest BCUT2D eigenvalue weighted by Crippen LogP contribution is -2.00. The van der Waals surface area contributed by atoms with Gasteiger partial charge < -0.3 is 5.11 Å². The van der Waals surface area contributed by atoms with Crippen molar-refractivity contribution in [2.24, 2.45) is 5.92 Å². The van der Waals surface area contributed by atoms with Crippen molar-refractivity contribution in [1.82, 2.24) is 15.2 Å². The molecule has 1 fully saturated rings. The molecule has 3 unspecified atom stereocenters. The fourth-order valence-corrected chi connectivity index (χ4v) is 4.06. The standard InChI is InChI=1S/C15H15N3O2S/c19-11(20)7-21-15-16-14(17-18-15)13-10-6-5-8-3-1-2-4-9(8)12(10)13/h1-4,10,12-13H,5-7H2,(H,19,20)(H,16,17,18).